The molecule has 10 heteroatoms. The van der Waals surface area contributed by atoms with Gasteiger partial charge in [0.25, 0.3) is 5.91 Å². The zero-order valence-corrected chi connectivity index (χ0v) is 16.5. The first kappa shape index (κ1) is 17.4. The Morgan fingerprint density at radius 2 is 1.93 bits per heavy atom. The summed E-state index contributed by atoms with van der Waals surface area (Å²) in [5, 5.41) is 10.1. The number of hydrogen-bond donors (Lipinski definition) is 1. The molecule has 4 atom stereocenters. The van der Waals surface area contributed by atoms with Crippen molar-refractivity contribution >= 4 is 15.9 Å². The van der Waals surface area contributed by atoms with Gasteiger partial charge in [-0.25, -0.2) is 8.42 Å². The van der Waals surface area contributed by atoms with Crippen LogP contribution in [0.3, 0.4) is 0 Å². The topological polar surface area (TPSA) is 108 Å². The van der Waals surface area contributed by atoms with Crippen molar-refractivity contribution in [3.05, 3.63) is 35.7 Å². The number of hydrogen-bond acceptors (Lipinski definition) is 6. The number of aromatic amines is 1. The van der Waals surface area contributed by atoms with Crippen LogP contribution < -0.4 is 4.74 Å². The predicted molar refractivity (Wildman–Crippen MR) is 101 cm³/mol. The molecular weight excluding hydrogens is 394 g/mol. The number of H-pyrrole nitrogens is 1. The minimum atomic E-state index is -3.65. The van der Waals surface area contributed by atoms with Crippen LogP contribution in [-0.4, -0.2) is 70.7 Å². The fourth-order valence-electron chi connectivity index (χ4n) is 5.81. The molecule has 2 aromatic rings. The van der Waals surface area contributed by atoms with Crippen LogP contribution in [0, 0.1) is 11.8 Å². The van der Waals surface area contributed by atoms with Crippen LogP contribution in [0.2, 0.25) is 0 Å². The molecule has 1 aromatic carbocycles. The summed E-state index contributed by atoms with van der Waals surface area (Å²) in [4.78, 5) is 14.7. The molecule has 6 rings (SSSR count). The van der Waals surface area contributed by atoms with Gasteiger partial charge in [0.2, 0.25) is 10.0 Å². The van der Waals surface area contributed by atoms with Crippen LogP contribution in [-0.2, 0) is 16.4 Å². The Hall–Kier alpha value is -2.46. The molecule has 1 amide bonds. The maximum absolute atomic E-state index is 13.6. The van der Waals surface area contributed by atoms with Crippen LogP contribution >= 0.6 is 0 Å². The number of para-hydroxylation sites is 1. The first-order chi connectivity index (χ1) is 14.1. The third kappa shape index (κ3) is 2.35. The van der Waals surface area contributed by atoms with E-state index in [0.29, 0.717) is 36.0 Å². The van der Waals surface area contributed by atoms with Crippen LogP contribution in [0.1, 0.15) is 28.9 Å². The Kier molecular flexibility index (Phi) is 3.61. The van der Waals surface area contributed by atoms with Crippen molar-refractivity contribution in [3.63, 3.8) is 0 Å². The lowest BCUT2D eigenvalue weighted by Gasteiger charge is -2.26. The largest absolute Gasteiger partial charge is 0.492 e. The molecule has 0 unspecified atom stereocenters. The second-order valence-corrected chi connectivity index (χ2v) is 10.1. The van der Waals surface area contributed by atoms with E-state index in [2.05, 4.69) is 15.4 Å². The minimum absolute atomic E-state index is 0.0673. The summed E-state index contributed by atoms with van der Waals surface area (Å²) in [6, 6.07) is 5.26. The SMILES string of the molecule is O=C(c1cn[nH]n1)N1C[C@@H]2[C@H](C1)[C@H]1CC[C@@H]2N1S(=O)(=O)c1cccc2c1OCC2. The fraction of sp³-hybridized carbons (Fsp3) is 0.526. The molecule has 0 radical (unpaired) electrons. The summed E-state index contributed by atoms with van der Waals surface area (Å²) < 4.78 is 34.7. The average molecular weight is 415 g/mol. The summed E-state index contributed by atoms with van der Waals surface area (Å²) in [5.41, 5.74) is 1.26. The van der Waals surface area contributed by atoms with E-state index in [0.717, 1.165) is 24.8 Å². The molecule has 2 bridgehead atoms. The number of carbonyl (C=O) groups excluding carboxylic acids is 1. The second kappa shape index (κ2) is 6.02. The summed E-state index contributed by atoms with van der Waals surface area (Å²) in [5.74, 6) is 0.706. The van der Waals surface area contributed by atoms with Gasteiger partial charge in [-0.1, -0.05) is 12.1 Å². The lowest BCUT2D eigenvalue weighted by Crippen LogP contribution is -2.41. The van der Waals surface area contributed by atoms with Gasteiger partial charge < -0.3 is 9.64 Å². The number of fused-ring (bicyclic) bond motifs is 6. The van der Waals surface area contributed by atoms with Crippen molar-refractivity contribution in [3.8, 4) is 5.75 Å². The number of amides is 1. The van der Waals surface area contributed by atoms with E-state index >= 15 is 0 Å². The van der Waals surface area contributed by atoms with Gasteiger partial charge in [-0.2, -0.15) is 19.7 Å². The van der Waals surface area contributed by atoms with Gasteiger partial charge in [-0.3, -0.25) is 4.79 Å². The molecule has 3 fully saturated rings. The number of nitrogens with one attached hydrogen (secondary N) is 1. The summed E-state index contributed by atoms with van der Waals surface area (Å²) in [7, 11) is -3.65. The molecule has 1 aromatic heterocycles. The lowest BCUT2D eigenvalue weighted by molar-refractivity contribution is 0.0767. The zero-order chi connectivity index (χ0) is 19.8. The van der Waals surface area contributed by atoms with E-state index in [-0.39, 0.29) is 29.8 Å². The average Bonchev–Trinajstić information content (AvgIpc) is 3.52. The monoisotopic (exact) mass is 415 g/mol. The van der Waals surface area contributed by atoms with Crippen molar-refractivity contribution < 1.29 is 17.9 Å². The number of ether oxygens (including phenoxy) is 1. The molecular formula is C19H21N5O4S. The smallest absolute Gasteiger partial charge is 0.276 e. The Morgan fingerprint density at radius 1 is 1.17 bits per heavy atom. The van der Waals surface area contributed by atoms with Gasteiger partial charge >= 0.3 is 0 Å². The maximum Gasteiger partial charge on any atom is 0.276 e. The van der Waals surface area contributed by atoms with Gasteiger partial charge in [-0.05, 0) is 36.3 Å². The number of carbonyl (C=O) groups is 1. The third-order valence-electron chi connectivity index (χ3n) is 6.97. The number of aromatic nitrogens is 3. The van der Waals surface area contributed by atoms with Gasteiger partial charge in [0.05, 0.1) is 12.8 Å². The normalized spacial score (nSPS) is 30.4. The molecule has 0 aliphatic carbocycles. The third-order valence-corrected chi connectivity index (χ3v) is 8.94. The van der Waals surface area contributed by atoms with E-state index in [1.165, 1.54) is 6.20 Å². The highest BCUT2D eigenvalue weighted by Crippen LogP contribution is 2.52. The number of benzene rings is 1. The van der Waals surface area contributed by atoms with Crippen LogP contribution in [0.25, 0.3) is 0 Å². The van der Waals surface area contributed by atoms with Crippen molar-refractivity contribution in [2.24, 2.45) is 11.8 Å². The highest BCUT2D eigenvalue weighted by atomic mass is 32.2. The summed E-state index contributed by atoms with van der Waals surface area (Å²) in [6.45, 7) is 1.65. The molecule has 4 aliphatic rings. The zero-order valence-electron chi connectivity index (χ0n) is 15.7. The van der Waals surface area contributed by atoms with E-state index in [4.69, 9.17) is 4.74 Å². The van der Waals surface area contributed by atoms with Gasteiger partial charge in [-0.15, -0.1) is 0 Å². The van der Waals surface area contributed by atoms with Gasteiger partial charge in [0.1, 0.15) is 10.6 Å². The molecule has 0 spiro atoms. The molecule has 0 saturated carbocycles. The second-order valence-electron chi connectivity index (χ2n) is 8.28. The standard InChI is InChI=1S/C19H21N5O4S/c25-19(14-8-20-22-21-14)23-9-12-13(10-23)16-5-4-15(12)24(16)29(26,27)17-3-1-2-11-6-7-28-18(11)17/h1-3,8,12-13,15-16H,4-7,9-10H2,(H,20,21,22)/t12-,13+,15+,16-. The summed E-state index contributed by atoms with van der Waals surface area (Å²) in [6.07, 6.45) is 3.85. The fourth-order valence-corrected chi connectivity index (χ4v) is 7.94. The summed E-state index contributed by atoms with van der Waals surface area (Å²) >= 11 is 0. The predicted octanol–water partition coefficient (Wildman–Crippen LogP) is 0.663. The Labute approximate surface area is 168 Å². The highest BCUT2D eigenvalue weighted by molar-refractivity contribution is 7.89. The quantitative estimate of drug-likeness (QED) is 0.789. The Morgan fingerprint density at radius 3 is 2.62 bits per heavy atom. The molecule has 29 heavy (non-hydrogen) atoms. The minimum Gasteiger partial charge on any atom is -0.492 e. The molecule has 152 valence electrons. The van der Waals surface area contributed by atoms with Crippen molar-refractivity contribution in [1.82, 2.24) is 24.6 Å². The Bertz CT molecular complexity index is 1070. The van der Waals surface area contributed by atoms with Crippen LogP contribution in [0.15, 0.2) is 29.3 Å². The molecule has 5 heterocycles. The van der Waals surface area contributed by atoms with E-state index in [9.17, 15) is 13.2 Å². The van der Waals surface area contributed by atoms with E-state index in [1.807, 2.05) is 6.07 Å². The molecule has 9 nitrogen and oxygen atoms in total. The first-order valence-electron chi connectivity index (χ1n) is 9.99. The van der Waals surface area contributed by atoms with Gasteiger partial charge in [0, 0.05) is 31.6 Å². The van der Waals surface area contributed by atoms with E-state index in [1.54, 1.807) is 21.3 Å². The van der Waals surface area contributed by atoms with Crippen LogP contribution in [0.4, 0.5) is 0 Å². The van der Waals surface area contributed by atoms with Crippen LogP contribution in [0.5, 0.6) is 5.75 Å². The van der Waals surface area contributed by atoms with Crippen molar-refractivity contribution in [2.75, 3.05) is 19.7 Å². The van der Waals surface area contributed by atoms with E-state index < -0.39 is 10.0 Å². The van der Waals surface area contributed by atoms with Crippen molar-refractivity contribution in [1.29, 1.82) is 0 Å². The molecule has 4 aliphatic heterocycles. The Balaban J connectivity index is 1.30. The van der Waals surface area contributed by atoms with Crippen molar-refractivity contribution in [2.45, 2.75) is 36.2 Å². The molecule has 3 saturated heterocycles. The molecule has 1 N–H and O–H groups in total. The highest BCUT2D eigenvalue weighted by Gasteiger charge is 2.61. The maximum atomic E-state index is 13.6. The number of likely N-dealkylation sites (tertiary alicyclic amines) is 1. The number of nitrogens with zero attached hydrogens (tertiary/aromatic N) is 4. The number of rotatable bonds is 3. The first-order valence-corrected chi connectivity index (χ1v) is 11.4. The van der Waals surface area contributed by atoms with Gasteiger partial charge in [0.15, 0.2) is 5.69 Å². The number of sulfonamides is 1. The lowest BCUT2D eigenvalue weighted by atomic mass is 9.82.